The smallest absolute Gasteiger partial charge is 0.329 e. The molecule has 204 valence electrons. The summed E-state index contributed by atoms with van der Waals surface area (Å²) in [5.41, 5.74) is 3.69. The first-order chi connectivity index (χ1) is 18.8. The predicted octanol–water partition coefficient (Wildman–Crippen LogP) is 4.85. The third kappa shape index (κ3) is 9.14. The molecule has 3 rings (SSSR count). The molecule has 0 aromatic heterocycles. The van der Waals surface area contributed by atoms with Crippen molar-refractivity contribution in [2.24, 2.45) is 5.10 Å². The quantitative estimate of drug-likeness (QED) is 0.117. The van der Waals surface area contributed by atoms with E-state index in [0.29, 0.717) is 56.0 Å². The Labute approximate surface area is 244 Å². The SMILES string of the molecule is CCOc1ccccc1NC(=O)C(=O)N/N=C\c1cc(I)c(OCC(=O)Nc2cccc(Cl)c2)c(OCC)c1. The molecule has 0 fully saturated rings. The van der Waals surface area contributed by atoms with Crippen molar-refractivity contribution in [2.45, 2.75) is 13.8 Å². The van der Waals surface area contributed by atoms with Crippen LogP contribution in [0.3, 0.4) is 0 Å². The van der Waals surface area contributed by atoms with Crippen molar-refractivity contribution in [3.8, 4) is 17.2 Å². The van der Waals surface area contributed by atoms with Gasteiger partial charge >= 0.3 is 11.8 Å². The molecule has 0 saturated heterocycles. The molecule has 0 aliphatic heterocycles. The Morgan fingerprint density at radius 2 is 1.64 bits per heavy atom. The topological polar surface area (TPSA) is 127 Å². The highest BCUT2D eigenvalue weighted by atomic mass is 127. The zero-order valence-electron chi connectivity index (χ0n) is 21.1. The fourth-order valence-electron chi connectivity index (χ4n) is 3.21. The molecule has 3 N–H and O–H groups in total. The highest BCUT2D eigenvalue weighted by Crippen LogP contribution is 2.34. The summed E-state index contributed by atoms with van der Waals surface area (Å²) < 4.78 is 17.5. The molecular formula is C27H26ClIN4O6. The summed E-state index contributed by atoms with van der Waals surface area (Å²) in [4.78, 5) is 36.9. The molecule has 39 heavy (non-hydrogen) atoms. The number of rotatable bonds is 11. The second-order valence-electron chi connectivity index (χ2n) is 7.69. The van der Waals surface area contributed by atoms with Gasteiger partial charge in [-0.15, -0.1) is 0 Å². The van der Waals surface area contributed by atoms with Crippen LogP contribution in [0.4, 0.5) is 11.4 Å². The van der Waals surface area contributed by atoms with E-state index in [1.165, 1.54) is 6.21 Å². The number of hydrazone groups is 1. The third-order valence-corrected chi connectivity index (χ3v) is 5.85. The van der Waals surface area contributed by atoms with Crippen molar-refractivity contribution < 1.29 is 28.6 Å². The predicted molar refractivity (Wildman–Crippen MR) is 158 cm³/mol. The first kappa shape index (κ1) is 29.7. The van der Waals surface area contributed by atoms with Gasteiger partial charge in [0.15, 0.2) is 18.1 Å². The molecule has 0 bridgehead atoms. The molecular weight excluding hydrogens is 639 g/mol. The first-order valence-corrected chi connectivity index (χ1v) is 13.3. The largest absolute Gasteiger partial charge is 0.492 e. The molecule has 10 nitrogen and oxygen atoms in total. The highest BCUT2D eigenvalue weighted by molar-refractivity contribution is 14.1. The Balaban J connectivity index is 1.62. The number of para-hydroxylation sites is 2. The van der Waals surface area contributed by atoms with Gasteiger partial charge < -0.3 is 24.8 Å². The number of amides is 3. The number of anilines is 2. The fourth-order valence-corrected chi connectivity index (χ4v) is 4.18. The minimum atomic E-state index is -0.956. The molecule has 0 saturated carbocycles. The maximum Gasteiger partial charge on any atom is 0.329 e. The number of carbonyl (C=O) groups excluding carboxylic acids is 3. The summed E-state index contributed by atoms with van der Waals surface area (Å²) in [6, 6.07) is 16.9. The van der Waals surface area contributed by atoms with Crippen LogP contribution in [0.5, 0.6) is 17.2 Å². The van der Waals surface area contributed by atoms with Crippen LogP contribution >= 0.6 is 34.2 Å². The van der Waals surface area contributed by atoms with Gasteiger partial charge in [0.1, 0.15) is 5.75 Å². The number of nitrogens with one attached hydrogen (secondary N) is 3. The van der Waals surface area contributed by atoms with Crippen molar-refractivity contribution in [3.63, 3.8) is 0 Å². The Kier molecular flexibility index (Phi) is 11.4. The second-order valence-corrected chi connectivity index (χ2v) is 9.29. The molecule has 0 radical (unpaired) electrons. The van der Waals surface area contributed by atoms with Crippen molar-refractivity contribution in [1.82, 2.24) is 5.43 Å². The normalized spacial score (nSPS) is 10.6. The maximum absolute atomic E-state index is 12.3. The lowest BCUT2D eigenvalue weighted by atomic mass is 10.2. The number of nitrogens with zero attached hydrogens (tertiary/aromatic N) is 1. The number of hydrogen-bond donors (Lipinski definition) is 3. The van der Waals surface area contributed by atoms with Gasteiger partial charge in [0.25, 0.3) is 5.91 Å². The van der Waals surface area contributed by atoms with E-state index in [0.717, 1.165) is 0 Å². The van der Waals surface area contributed by atoms with Crippen molar-refractivity contribution in [2.75, 3.05) is 30.5 Å². The molecule has 0 aliphatic carbocycles. The summed E-state index contributed by atoms with van der Waals surface area (Å²) in [5, 5.41) is 9.59. The van der Waals surface area contributed by atoms with E-state index >= 15 is 0 Å². The monoisotopic (exact) mass is 664 g/mol. The van der Waals surface area contributed by atoms with E-state index in [4.69, 9.17) is 25.8 Å². The summed E-state index contributed by atoms with van der Waals surface area (Å²) in [6.45, 7) is 4.13. The van der Waals surface area contributed by atoms with Crippen LogP contribution in [-0.4, -0.2) is 43.8 Å². The van der Waals surface area contributed by atoms with E-state index < -0.39 is 11.8 Å². The van der Waals surface area contributed by atoms with E-state index in [2.05, 4.69) is 21.2 Å². The van der Waals surface area contributed by atoms with E-state index in [9.17, 15) is 14.4 Å². The fraction of sp³-hybridized carbons (Fsp3) is 0.185. The Morgan fingerprint density at radius 1 is 0.897 bits per heavy atom. The molecule has 3 amide bonds. The molecule has 0 unspecified atom stereocenters. The average molecular weight is 665 g/mol. The third-order valence-electron chi connectivity index (χ3n) is 4.81. The van der Waals surface area contributed by atoms with E-state index in [1.54, 1.807) is 60.7 Å². The van der Waals surface area contributed by atoms with Crippen LogP contribution in [-0.2, 0) is 14.4 Å². The van der Waals surface area contributed by atoms with Crippen molar-refractivity contribution in [3.05, 3.63) is 74.8 Å². The van der Waals surface area contributed by atoms with E-state index in [1.807, 2.05) is 36.4 Å². The standard InChI is InChI=1S/C27H26ClIN4O6/c1-3-37-22-11-6-5-10-21(22)32-26(35)27(36)33-30-15-17-12-20(29)25(23(13-17)38-4-2)39-16-24(34)31-19-9-7-8-18(28)14-19/h5-15H,3-4,16H2,1-2H3,(H,31,34)(H,32,35)(H,33,36)/b30-15-. The molecule has 0 heterocycles. The van der Waals surface area contributed by atoms with Gasteiger partial charge in [-0.3, -0.25) is 14.4 Å². The number of hydrogen-bond acceptors (Lipinski definition) is 7. The van der Waals surface area contributed by atoms with Gasteiger partial charge in [-0.1, -0.05) is 29.8 Å². The zero-order valence-corrected chi connectivity index (χ0v) is 24.0. The molecule has 12 heteroatoms. The van der Waals surface area contributed by atoms with Crippen LogP contribution in [0.1, 0.15) is 19.4 Å². The van der Waals surface area contributed by atoms with Crippen LogP contribution in [0, 0.1) is 3.57 Å². The zero-order chi connectivity index (χ0) is 28.2. The van der Waals surface area contributed by atoms with Crippen LogP contribution in [0.25, 0.3) is 0 Å². The Hall–Kier alpha value is -3.84. The van der Waals surface area contributed by atoms with Gasteiger partial charge in [0, 0.05) is 10.7 Å². The minimum Gasteiger partial charge on any atom is -0.492 e. The Bertz CT molecular complexity index is 1370. The summed E-state index contributed by atoms with van der Waals surface area (Å²) in [6.07, 6.45) is 1.36. The number of ether oxygens (including phenoxy) is 3. The lowest BCUT2D eigenvalue weighted by Gasteiger charge is -2.14. The van der Waals surface area contributed by atoms with Gasteiger partial charge in [0.05, 0.1) is 28.7 Å². The lowest BCUT2D eigenvalue weighted by Crippen LogP contribution is -2.32. The van der Waals surface area contributed by atoms with Crippen molar-refractivity contribution in [1.29, 1.82) is 0 Å². The van der Waals surface area contributed by atoms with Crippen LogP contribution in [0.15, 0.2) is 65.8 Å². The van der Waals surface area contributed by atoms with Crippen LogP contribution < -0.4 is 30.3 Å². The lowest BCUT2D eigenvalue weighted by molar-refractivity contribution is -0.136. The summed E-state index contributed by atoms with van der Waals surface area (Å²) >= 11 is 8.00. The van der Waals surface area contributed by atoms with Gasteiger partial charge in [-0.25, -0.2) is 5.43 Å². The highest BCUT2D eigenvalue weighted by Gasteiger charge is 2.16. The molecule has 0 spiro atoms. The average Bonchev–Trinajstić information content (AvgIpc) is 2.89. The van der Waals surface area contributed by atoms with Gasteiger partial charge in [0.2, 0.25) is 0 Å². The molecule has 0 aliphatic rings. The van der Waals surface area contributed by atoms with Crippen LogP contribution in [0.2, 0.25) is 5.02 Å². The van der Waals surface area contributed by atoms with Gasteiger partial charge in [-0.05, 0) is 84.5 Å². The van der Waals surface area contributed by atoms with E-state index in [-0.39, 0.29) is 12.5 Å². The van der Waals surface area contributed by atoms with Gasteiger partial charge in [-0.2, -0.15) is 5.10 Å². The van der Waals surface area contributed by atoms with Crippen molar-refractivity contribution >= 4 is 69.5 Å². The molecule has 3 aromatic carbocycles. The first-order valence-electron chi connectivity index (χ1n) is 11.8. The summed E-state index contributed by atoms with van der Waals surface area (Å²) in [5.74, 6) is -1.00. The molecule has 0 atom stereocenters. The number of benzene rings is 3. The molecule has 3 aromatic rings. The Morgan fingerprint density at radius 3 is 2.38 bits per heavy atom. The number of halogens is 2. The number of carbonyl (C=O) groups is 3. The summed E-state index contributed by atoms with van der Waals surface area (Å²) in [7, 11) is 0. The minimum absolute atomic E-state index is 0.256. The second kappa shape index (κ2) is 14.9. The maximum atomic E-state index is 12.3.